The molecule has 0 saturated carbocycles. The predicted octanol–water partition coefficient (Wildman–Crippen LogP) is 4.79. The topological polar surface area (TPSA) is 0 Å². The highest BCUT2D eigenvalue weighted by molar-refractivity contribution is 5.83. The van der Waals surface area contributed by atoms with Crippen LogP contribution in [0, 0.1) is 0 Å². The van der Waals surface area contributed by atoms with Gasteiger partial charge in [-0.15, -0.1) is 0 Å². The molecule has 0 amide bonds. The molecule has 0 N–H and O–H groups in total. The number of hydrogen-bond donors (Lipinski definition) is 0. The lowest BCUT2D eigenvalue weighted by Crippen LogP contribution is -2.37. The molecule has 5 rings (SSSR count). The minimum Gasteiger partial charge on any atom is -0.0751 e. The highest BCUT2D eigenvalue weighted by Gasteiger charge is 2.32. The fraction of sp³-hybridized carbons (Fsp3) is 0.0769. The van der Waals surface area contributed by atoms with E-state index in [4.69, 9.17) is 0 Å². The summed E-state index contributed by atoms with van der Waals surface area (Å²) in [5, 5.41) is 5.27. The smallest absolute Gasteiger partial charge is 0.0425 e. The average molecular weight is 332 g/mol. The van der Waals surface area contributed by atoms with Gasteiger partial charge in [0.05, 0.1) is 0 Å². The molecule has 0 heterocycles. The standard InChI is InChI=1S/C26H20/c1-3-11-24(12-4-1)26(25-13-5-2-6-14-25)16-15-22-17-20-9-7-8-10-21(20)18-23(22)19-26/h1-15,17-19H,16H2. The lowest BCUT2D eigenvalue weighted by Gasteiger charge is -2.33. The third kappa shape index (κ3) is 2.38. The molecule has 0 atom stereocenters. The fourth-order valence-corrected chi connectivity index (χ4v) is 4.21. The van der Waals surface area contributed by atoms with E-state index in [1.807, 2.05) is 0 Å². The van der Waals surface area contributed by atoms with E-state index in [0.717, 1.165) is 6.42 Å². The quantitative estimate of drug-likeness (QED) is 0.495. The van der Waals surface area contributed by atoms with Gasteiger partial charge in [0.2, 0.25) is 0 Å². The maximum Gasteiger partial charge on any atom is 0.0425 e. The minimum atomic E-state index is -0.113. The SMILES string of the molecule is C1=c2cc3ccccc3cc2=CC(c2ccccc2)(c2ccccc2)C1. The van der Waals surface area contributed by atoms with Crippen molar-refractivity contribution in [2.45, 2.75) is 11.8 Å². The molecule has 0 spiro atoms. The molecule has 0 saturated heterocycles. The van der Waals surface area contributed by atoms with Crippen LogP contribution in [-0.4, -0.2) is 0 Å². The molecule has 0 aromatic heterocycles. The number of hydrogen-bond acceptors (Lipinski definition) is 0. The van der Waals surface area contributed by atoms with E-state index in [2.05, 4.69) is 109 Å². The summed E-state index contributed by atoms with van der Waals surface area (Å²) in [5.41, 5.74) is 2.58. The van der Waals surface area contributed by atoms with Crippen molar-refractivity contribution in [1.29, 1.82) is 0 Å². The summed E-state index contributed by atoms with van der Waals surface area (Å²) in [6.07, 6.45) is 5.85. The molecule has 1 aliphatic carbocycles. The lowest BCUT2D eigenvalue weighted by molar-refractivity contribution is 0.704. The molecule has 0 bridgehead atoms. The van der Waals surface area contributed by atoms with Crippen molar-refractivity contribution in [2.24, 2.45) is 0 Å². The van der Waals surface area contributed by atoms with Gasteiger partial charge in [0.1, 0.15) is 0 Å². The van der Waals surface area contributed by atoms with Gasteiger partial charge >= 0.3 is 0 Å². The van der Waals surface area contributed by atoms with Crippen LogP contribution in [-0.2, 0) is 5.41 Å². The van der Waals surface area contributed by atoms with Crippen molar-refractivity contribution in [2.75, 3.05) is 0 Å². The number of rotatable bonds is 2. The summed E-state index contributed by atoms with van der Waals surface area (Å²) >= 11 is 0. The maximum absolute atomic E-state index is 2.47. The summed E-state index contributed by atoms with van der Waals surface area (Å²) in [5.74, 6) is 0. The van der Waals surface area contributed by atoms with Crippen LogP contribution < -0.4 is 10.4 Å². The van der Waals surface area contributed by atoms with Crippen LogP contribution in [0.25, 0.3) is 22.9 Å². The van der Waals surface area contributed by atoms with Crippen molar-refractivity contribution < 1.29 is 0 Å². The zero-order chi connectivity index (χ0) is 17.4. The minimum absolute atomic E-state index is 0.113. The van der Waals surface area contributed by atoms with Crippen molar-refractivity contribution in [1.82, 2.24) is 0 Å². The number of benzene rings is 4. The van der Waals surface area contributed by atoms with Gasteiger partial charge in [0.15, 0.2) is 0 Å². The molecule has 0 nitrogen and oxygen atoms in total. The first-order valence-corrected chi connectivity index (χ1v) is 9.18. The molecule has 4 aromatic rings. The molecule has 124 valence electrons. The first-order valence-electron chi connectivity index (χ1n) is 9.18. The first kappa shape index (κ1) is 15.2. The Morgan fingerprint density at radius 3 is 1.62 bits per heavy atom. The molecule has 1 aliphatic rings. The fourth-order valence-electron chi connectivity index (χ4n) is 4.21. The molecule has 4 aromatic carbocycles. The van der Waals surface area contributed by atoms with Crippen molar-refractivity contribution >= 4 is 22.9 Å². The van der Waals surface area contributed by atoms with Gasteiger partial charge in [0.25, 0.3) is 0 Å². The number of fused-ring (bicyclic) bond motifs is 2. The third-order valence-electron chi connectivity index (χ3n) is 5.58. The molecular weight excluding hydrogens is 312 g/mol. The Bertz CT molecular complexity index is 1150. The van der Waals surface area contributed by atoms with Gasteiger partial charge in [-0.3, -0.25) is 0 Å². The Hall–Kier alpha value is -3.12. The predicted molar refractivity (Wildman–Crippen MR) is 110 cm³/mol. The molecule has 0 radical (unpaired) electrons. The van der Waals surface area contributed by atoms with Crippen molar-refractivity contribution in [3.63, 3.8) is 0 Å². The van der Waals surface area contributed by atoms with E-state index in [1.54, 1.807) is 0 Å². The van der Waals surface area contributed by atoms with E-state index >= 15 is 0 Å². The Morgan fingerprint density at radius 2 is 1.04 bits per heavy atom. The van der Waals surface area contributed by atoms with Gasteiger partial charge in [-0.25, -0.2) is 0 Å². The van der Waals surface area contributed by atoms with Crippen molar-refractivity contribution in [3.8, 4) is 0 Å². The molecule has 0 fully saturated rings. The second-order valence-electron chi connectivity index (χ2n) is 7.08. The van der Waals surface area contributed by atoms with Crippen LogP contribution >= 0.6 is 0 Å². The molecule has 26 heavy (non-hydrogen) atoms. The summed E-state index contributed by atoms with van der Waals surface area (Å²) in [4.78, 5) is 0. The summed E-state index contributed by atoms with van der Waals surface area (Å²) in [6, 6.07) is 35.0. The van der Waals surface area contributed by atoms with Gasteiger partial charge in [-0.1, -0.05) is 97.1 Å². The van der Waals surface area contributed by atoms with E-state index in [1.165, 1.54) is 32.3 Å². The maximum atomic E-state index is 2.47. The zero-order valence-corrected chi connectivity index (χ0v) is 14.6. The van der Waals surface area contributed by atoms with Crippen LogP contribution in [0.3, 0.4) is 0 Å². The second kappa shape index (κ2) is 6.00. The van der Waals surface area contributed by atoms with E-state index in [0.29, 0.717) is 0 Å². The summed E-state index contributed by atoms with van der Waals surface area (Å²) in [6.45, 7) is 0. The highest BCUT2D eigenvalue weighted by Crippen LogP contribution is 2.38. The largest absolute Gasteiger partial charge is 0.0751 e. The van der Waals surface area contributed by atoms with E-state index in [-0.39, 0.29) is 5.41 Å². The Kier molecular flexibility index (Phi) is 3.50. The van der Waals surface area contributed by atoms with Crippen LogP contribution in [0.4, 0.5) is 0 Å². The average Bonchev–Trinajstić information content (AvgIpc) is 2.73. The Balaban J connectivity index is 1.83. The highest BCUT2D eigenvalue weighted by atomic mass is 14.3. The van der Waals surface area contributed by atoms with Gasteiger partial charge in [0, 0.05) is 5.41 Å². The molecule has 0 aliphatic heterocycles. The monoisotopic (exact) mass is 332 g/mol. The lowest BCUT2D eigenvalue weighted by atomic mass is 9.69. The normalized spacial score (nSPS) is 14.9. The Labute approximate surface area is 153 Å². The summed E-state index contributed by atoms with van der Waals surface area (Å²) in [7, 11) is 0. The van der Waals surface area contributed by atoms with Crippen LogP contribution in [0.15, 0.2) is 97.1 Å². The Morgan fingerprint density at radius 1 is 0.538 bits per heavy atom. The first-order chi connectivity index (χ1) is 12.9. The van der Waals surface area contributed by atoms with E-state index < -0.39 is 0 Å². The van der Waals surface area contributed by atoms with Gasteiger partial charge in [-0.05, 0) is 50.9 Å². The van der Waals surface area contributed by atoms with Crippen LogP contribution in [0.1, 0.15) is 17.5 Å². The van der Waals surface area contributed by atoms with Gasteiger partial charge < -0.3 is 0 Å². The van der Waals surface area contributed by atoms with E-state index in [9.17, 15) is 0 Å². The summed E-state index contributed by atoms with van der Waals surface area (Å²) < 4.78 is 0. The third-order valence-corrected chi connectivity index (χ3v) is 5.58. The van der Waals surface area contributed by atoms with Crippen LogP contribution in [0.5, 0.6) is 0 Å². The second-order valence-corrected chi connectivity index (χ2v) is 7.08. The van der Waals surface area contributed by atoms with Gasteiger partial charge in [-0.2, -0.15) is 0 Å². The molecule has 0 unspecified atom stereocenters. The van der Waals surface area contributed by atoms with Crippen molar-refractivity contribution in [3.05, 3.63) is 119 Å². The molecule has 0 heteroatoms. The zero-order valence-electron chi connectivity index (χ0n) is 14.6. The van der Waals surface area contributed by atoms with Crippen LogP contribution in [0.2, 0.25) is 0 Å². The molecular formula is C26H20.